The maximum Gasteiger partial charge on any atom is 0.260 e. The number of hydrogen-bond donors (Lipinski definition) is 2. The lowest BCUT2D eigenvalue weighted by Gasteiger charge is -2.18. The van der Waals surface area contributed by atoms with E-state index < -0.39 is 6.10 Å². The van der Waals surface area contributed by atoms with Gasteiger partial charge in [0.25, 0.3) is 5.91 Å². The van der Waals surface area contributed by atoms with Crippen LogP contribution < -0.4 is 15.8 Å². The lowest BCUT2D eigenvalue weighted by molar-refractivity contribution is -0.127. The molecule has 0 aromatic heterocycles. The normalized spacial score (nSPS) is 20.1. The molecule has 0 saturated heterocycles. The molecular formula is C16H24N2O2. The first-order chi connectivity index (χ1) is 9.51. The molecule has 3 N–H and O–H groups in total. The summed E-state index contributed by atoms with van der Waals surface area (Å²) in [5, 5.41) is 2.93. The maximum absolute atomic E-state index is 11.9. The van der Waals surface area contributed by atoms with E-state index in [1.165, 1.54) is 11.1 Å². The van der Waals surface area contributed by atoms with Gasteiger partial charge in [0.2, 0.25) is 0 Å². The maximum atomic E-state index is 11.9. The highest BCUT2D eigenvalue weighted by molar-refractivity contribution is 5.80. The lowest BCUT2D eigenvalue weighted by atomic mass is 10.1. The summed E-state index contributed by atoms with van der Waals surface area (Å²) in [5.41, 5.74) is 8.45. The first-order valence-corrected chi connectivity index (χ1v) is 7.36. The van der Waals surface area contributed by atoms with Crippen molar-refractivity contribution in [2.45, 2.75) is 58.2 Å². The molecule has 4 heteroatoms. The number of nitrogens with two attached hydrogens (primary N) is 1. The minimum absolute atomic E-state index is 0.0726. The molecular weight excluding hydrogens is 252 g/mol. The monoisotopic (exact) mass is 276 g/mol. The van der Waals surface area contributed by atoms with E-state index in [0.29, 0.717) is 0 Å². The average molecular weight is 276 g/mol. The quantitative estimate of drug-likeness (QED) is 0.867. The van der Waals surface area contributed by atoms with Crippen molar-refractivity contribution in [3.8, 4) is 5.75 Å². The van der Waals surface area contributed by atoms with E-state index in [-0.39, 0.29) is 18.0 Å². The minimum Gasteiger partial charge on any atom is -0.481 e. The van der Waals surface area contributed by atoms with E-state index in [2.05, 4.69) is 5.32 Å². The molecule has 1 aliphatic rings. The van der Waals surface area contributed by atoms with Gasteiger partial charge in [0.1, 0.15) is 5.75 Å². The Morgan fingerprint density at radius 3 is 2.95 bits per heavy atom. The molecule has 110 valence electrons. The number of rotatable bonds is 5. The molecule has 20 heavy (non-hydrogen) atoms. The summed E-state index contributed by atoms with van der Waals surface area (Å²) in [6.45, 7) is 5.80. The zero-order valence-corrected chi connectivity index (χ0v) is 12.5. The molecule has 0 fully saturated rings. The van der Waals surface area contributed by atoms with Gasteiger partial charge in [-0.25, -0.2) is 0 Å². The molecule has 0 bridgehead atoms. The van der Waals surface area contributed by atoms with E-state index in [0.717, 1.165) is 25.0 Å². The Morgan fingerprint density at radius 1 is 1.50 bits per heavy atom. The summed E-state index contributed by atoms with van der Waals surface area (Å²) in [5.74, 6) is 0.668. The van der Waals surface area contributed by atoms with Crippen LogP contribution in [0, 0.1) is 0 Å². The van der Waals surface area contributed by atoms with Crippen LogP contribution in [0.2, 0.25) is 0 Å². The van der Waals surface area contributed by atoms with Crippen molar-refractivity contribution in [3.63, 3.8) is 0 Å². The zero-order chi connectivity index (χ0) is 14.7. The Kier molecular flexibility index (Phi) is 4.65. The number of ether oxygens (including phenoxy) is 1. The second kappa shape index (κ2) is 6.27. The van der Waals surface area contributed by atoms with Crippen LogP contribution in [-0.4, -0.2) is 18.1 Å². The van der Waals surface area contributed by atoms with Crippen LogP contribution in [0.5, 0.6) is 5.75 Å². The highest BCUT2D eigenvalue weighted by Crippen LogP contribution is 2.32. The molecule has 0 aliphatic heterocycles. The van der Waals surface area contributed by atoms with Gasteiger partial charge in [-0.15, -0.1) is 0 Å². The molecule has 0 heterocycles. The SMILES string of the molecule is CCC(C)NC(=O)C(C)Oc1ccc2c(c1)CC[C@H]2N. The van der Waals surface area contributed by atoms with Gasteiger partial charge in [-0.3, -0.25) is 4.79 Å². The van der Waals surface area contributed by atoms with Crippen molar-refractivity contribution in [2.24, 2.45) is 5.73 Å². The molecule has 0 radical (unpaired) electrons. The van der Waals surface area contributed by atoms with Gasteiger partial charge < -0.3 is 15.8 Å². The van der Waals surface area contributed by atoms with E-state index in [1.807, 2.05) is 32.0 Å². The van der Waals surface area contributed by atoms with E-state index in [9.17, 15) is 4.79 Å². The molecule has 3 atom stereocenters. The summed E-state index contributed by atoms with van der Waals surface area (Å²) in [7, 11) is 0. The van der Waals surface area contributed by atoms with Crippen LogP contribution in [0.15, 0.2) is 18.2 Å². The Labute approximate surface area is 120 Å². The summed E-state index contributed by atoms with van der Waals surface area (Å²) >= 11 is 0. The molecule has 0 spiro atoms. The highest BCUT2D eigenvalue weighted by Gasteiger charge is 2.21. The number of carbonyl (C=O) groups excluding carboxylic acids is 1. The molecule has 2 unspecified atom stereocenters. The Balaban J connectivity index is 1.98. The molecule has 1 aliphatic carbocycles. The van der Waals surface area contributed by atoms with Crippen LogP contribution in [0.3, 0.4) is 0 Å². The largest absolute Gasteiger partial charge is 0.481 e. The van der Waals surface area contributed by atoms with Crippen molar-refractivity contribution in [2.75, 3.05) is 0 Å². The number of aryl methyl sites for hydroxylation is 1. The van der Waals surface area contributed by atoms with E-state index in [4.69, 9.17) is 10.5 Å². The topological polar surface area (TPSA) is 64.3 Å². The fraction of sp³-hybridized carbons (Fsp3) is 0.562. The van der Waals surface area contributed by atoms with Gasteiger partial charge >= 0.3 is 0 Å². The minimum atomic E-state index is -0.489. The third-order valence-corrected chi connectivity index (χ3v) is 3.92. The van der Waals surface area contributed by atoms with Crippen molar-refractivity contribution < 1.29 is 9.53 Å². The van der Waals surface area contributed by atoms with E-state index in [1.54, 1.807) is 6.92 Å². The molecule has 1 amide bonds. The molecule has 4 nitrogen and oxygen atoms in total. The Bertz CT molecular complexity index is 487. The standard InChI is InChI=1S/C16H24N2O2/c1-4-10(2)18-16(19)11(3)20-13-6-7-14-12(9-13)5-8-15(14)17/h6-7,9-11,15H,4-5,8,17H2,1-3H3,(H,18,19)/t10?,11?,15-/m1/s1. The predicted molar refractivity (Wildman–Crippen MR) is 79.7 cm³/mol. The smallest absolute Gasteiger partial charge is 0.260 e. The number of carbonyl (C=O) groups is 1. The molecule has 1 aromatic carbocycles. The van der Waals surface area contributed by atoms with Crippen LogP contribution in [0.1, 0.15) is 50.8 Å². The average Bonchev–Trinajstić information content (AvgIpc) is 2.79. The number of hydrogen-bond acceptors (Lipinski definition) is 3. The van der Waals surface area contributed by atoms with Gasteiger partial charge in [-0.05, 0) is 56.4 Å². The van der Waals surface area contributed by atoms with Crippen molar-refractivity contribution in [1.29, 1.82) is 0 Å². The van der Waals surface area contributed by atoms with Crippen LogP contribution >= 0.6 is 0 Å². The van der Waals surface area contributed by atoms with E-state index >= 15 is 0 Å². The Morgan fingerprint density at radius 2 is 2.25 bits per heavy atom. The third kappa shape index (κ3) is 3.31. The van der Waals surface area contributed by atoms with Gasteiger partial charge in [0, 0.05) is 12.1 Å². The zero-order valence-electron chi connectivity index (χ0n) is 12.5. The summed E-state index contributed by atoms with van der Waals surface area (Å²) in [6.07, 6.45) is 2.40. The fourth-order valence-corrected chi connectivity index (χ4v) is 2.42. The fourth-order valence-electron chi connectivity index (χ4n) is 2.42. The van der Waals surface area contributed by atoms with Gasteiger partial charge in [-0.2, -0.15) is 0 Å². The second-order valence-corrected chi connectivity index (χ2v) is 5.58. The predicted octanol–water partition coefficient (Wildman–Crippen LogP) is 2.31. The van der Waals surface area contributed by atoms with Crippen molar-refractivity contribution in [3.05, 3.63) is 29.3 Å². The van der Waals surface area contributed by atoms with Gasteiger partial charge in [0.15, 0.2) is 6.10 Å². The molecule has 0 saturated carbocycles. The summed E-state index contributed by atoms with van der Waals surface area (Å²) in [6, 6.07) is 6.24. The number of fused-ring (bicyclic) bond motifs is 1. The Hall–Kier alpha value is -1.55. The molecule has 2 rings (SSSR count). The van der Waals surface area contributed by atoms with Crippen LogP contribution in [-0.2, 0) is 11.2 Å². The number of amides is 1. The first-order valence-electron chi connectivity index (χ1n) is 7.36. The lowest BCUT2D eigenvalue weighted by Crippen LogP contribution is -2.40. The van der Waals surface area contributed by atoms with Crippen molar-refractivity contribution in [1.82, 2.24) is 5.32 Å². The second-order valence-electron chi connectivity index (χ2n) is 5.58. The third-order valence-electron chi connectivity index (χ3n) is 3.92. The summed E-state index contributed by atoms with van der Waals surface area (Å²) < 4.78 is 5.73. The number of benzene rings is 1. The highest BCUT2D eigenvalue weighted by atomic mass is 16.5. The van der Waals surface area contributed by atoms with Crippen LogP contribution in [0.4, 0.5) is 0 Å². The summed E-state index contributed by atoms with van der Waals surface area (Å²) in [4.78, 5) is 11.9. The molecule has 1 aromatic rings. The van der Waals surface area contributed by atoms with Crippen molar-refractivity contribution >= 4 is 5.91 Å². The van der Waals surface area contributed by atoms with Gasteiger partial charge in [-0.1, -0.05) is 13.0 Å². The number of nitrogens with one attached hydrogen (secondary N) is 1. The first kappa shape index (κ1) is 14.9. The van der Waals surface area contributed by atoms with Crippen LogP contribution in [0.25, 0.3) is 0 Å². The van der Waals surface area contributed by atoms with Gasteiger partial charge in [0.05, 0.1) is 0 Å².